The first-order valence-electron chi connectivity index (χ1n) is 7.06. The highest BCUT2D eigenvalue weighted by Gasteiger charge is 2.13. The first-order valence-corrected chi connectivity index (χ1v) is 7.06. The normalized spacial score (nSPS) is 12.6. The van der Waals surface area contributed by atoms with Crippen molar-refractivity contribution in [2.75, 3.05) is 17.7 Å². The summed E-state index contributed by atoms with van der Waals surface area (Å²) in [6.07, 6.45) is 3.07. The molecule has 2 rings (SSSR count). The Kier molecular flexibility index (Phi) is 4.74. The van der Waals surface area contributed by atoms with Crippen molar-refractivity contribution in [2.45, 2.75) is 39.2 Å². The molecule has 5 nitrogen and oxygen atoms in total. The van der Waals surface area contributed by atoms with Crippen LogP contribution in [0.4, 0.5) is 11.8 Å². The van der Waals surface area contributed by atoms with E-state index in [0.717, 1.165) is 35.7 Å². The molecule has 0 fully saturated rings. The average Bonchev–Trinajstić information content (AvgIpc) is 2.42. The molecule has 20 heavy (non-hydrogen) atoms. The maximum atomic E-state index is 9.49. The molecule has 1 atom stereocenters. The Hall–Kier alpha value is -1.88. The van der Waals surface area contributed by atoms with Gasteiger partial charge in [-0.25, -0.2) is 4.98 Å². The van der Waals surface area contributed by atoms with Gasteiger partial charge in [0.2, 0.25) is 5.95 Å². The first kappa shape index (κ1) is 14.5. The fourth-order valence-corrected chi connectivity index (χ4v) is 2.33. The van der Waals surface area contributed by atoms with Gasteiger partial charge in [0.15, 0.2) is 0 Å². The molecule has 0 aliphatic heterocycles. The third kappa shape index (κ3) is 3.17. The predicted molar refractivity (Wildman–Crippen MR) is 82.7 cm³/mol. The van der Waals surface area contributed by atoms with E-state index in [1.165, 1.54) is 0 Å². The second-order valence-electron chi connectivity index (χ2n) is 5.07. The largest absolute Gasteiger partial charge is 0.394 e. The highest BCUT2D eigenvalue weighted by Crippen LogP contribution is 2.25. The summed E-state index contributed by atoms with van der Waals surface area (Å²) >= 11 is 0. The molecule has 108 valence electrons. The molecule has 1 aromatic heterocycles. The number of aryl methyl sites for hydroxylation is 1. The van der Waals surface area contributed by atoms with Crippen molar-refractivity contribution in [1.29, 1.82) is 0 Å². The number of nitrogens with two attached hydrogens (primary N) is 1. The van der Waals surface area contributed by atoms with Gasteiger partial charge >= 0.3 is 0 Å². The molecule has 0 radical (unpaired) electrons. The van der Waals surface area contributed by atoms with Gasteiger partial charge in [0.25, 0.3) is 0 Å². The van der Waals surface area contributed by atoms with Crippen molar-refractivity contribution in [3.05, 3.63) is 23.8 Å². The SMILES string of the molecule is CCCC[C@@H](CO)Nc1nc(N)nc2cccc(C)c12. The number of nitrogens with one attached hydrogen (secondary N) is 1. The topological polar surface area (TPSA) is 84.1 Å². The van der Waals surface area contributed by atoms with E-state index in [1.54, 1.807) is 0 Å². The number of nitrogens with zero attached hydrogens (tertiary/aromatic N) is 2. The number of aliphatic hydroxyl groups is 1. The van der Waals surface area contributed by atoms with Crippen LogP contribution in [0.15, 0.2) is 18.2 Å². The summed E-state index contributed by atoms with van der Waals surface area (Å²) in [7, 11) is 0. The van der Waals surface area contributed by atoms with Gasteiger partial charge in [0, 0.05) is 5.39 Å². The smallest absolute Gasteiger partial charge is 0.222 e. The number of benzene rings is 1. The lowest BCUT2D eigenvalue weighted by Crippen LogP contribution is -2.24. The van der Waals surface area contributed by atoms with Gasteiger partial charge in [0.05, 0.1) is 18.2 Å². The van der Waals surface area contributed by atoms with Crippen molar-refractivity contribution < 1.29 is 5.11 Å². The molecule has 4 N–H and O–H groups in total. The van der Waals surface area contributed by atoms with Gasteiger partial charge in [-0.05, 0) is 25.0 Å². The van der Waals surface area contributed by atoms with Crippen LogP contribution in [0.5, 0.6) is 0 Å². The molecule has 5 heteroatoms. The third-order valence-electron chi connectivity index (χ3n) is 3.42. The summed E-state index contributed by atoms with van der Waals surface area (Å²) in [5, 5.41) is 13.8. The number of hydrogen-bond acceptors (Lipinski definition) is 5. The zero-order chi connectivity index (χ0) is 14.5. The predicted octanol–water partition coefficient (Wildman–Crippen LogP) is 2.48. The molecule has 0 amide bonds. The van der Waals surface area contributed by atoms with Gasteiger partial charge in [-0.3, -0.25) is 0 Å². The molecule has 0 spiro atoms. The van der Waals surface area contributed by atoms with Crippen molar-refractivity contribution in [3.63, 3.8) is 0 Å². The maximum absolute atomic E-state index is 9.49. The van der Waals surface area contributed by atoms with Crippen molar-refractivity contribution in [1.82, 2.24) is 9.97 Å². The van der Waals surface area contributed by atoms with E-state index in [1.807, 2.05) is 25.1 Å². The summed E-state index contributed by atoms with van der Waals surface area (Å²) < 4.78 is 0. The zero-order valence-electron chi connectivity index (χ0n) is 12.1. The Morgan fingerprint density at radius 3 is 2.85 bits per heavy atom. The van der Waals surface area contributed by atoms with Crippen LogP contribution in [-0.2, 0) is 0 Å². The zero-order valence-corrected chi connectivity index (χ0v) is 12.1. The molecule has 2 aromatic rings. The monoisotopic (exact) mass is 274 g/mol. The summed E-state index contributed by atoms with van der Waals surface area (Å²) in [5.74, 6) is 0.957. The van der Waals surface area contributed by atoms with E-state index in [-0.39, 0.29) is 18.6 Å². The van der Waals surface area contributed by atoms with Crippen LogP contribution >= 0.6 is 0 Å². The summed E-state index contributed by atoms with van der Waals surface area (Å²) in [6.45, 7) is 4.24. The summed E-state index contributed by atoms with van der Waals surface area (Å²) in [6, 6.07) is 5.89. The number of unbranched alkanes of at least 4 members (excludes halogenated alkanes) is 1. The van der Waals surface area contributed by atoms with Crippen molar-refractivity contribution in [2.24, 2.45) is 0 Å². The molecule has 0 saturated carbocycles. The highest BCUT2D eigenvalue weighted by molar-refractivity contribution is 5.92. The maximum Gasteiger partial charge on any atom is 0.222 e. The number of aliphatic hydroxyl groups excluding tert-OH is 1. The third-order valence-corrected chi connectivity index (χ3v) is 3.42. The van der Waals surface area contributed by atoms with E-state index in [2.05, 4.69) is 22.2 Å². The van der Waals surface area contributed by atoms with Crippen molar-refractivity contribution >= 4 is 22.7 Å². The van der Waals surface area contributed by atoms with Crippen LogP contribution in [0.25, 0.3) is 10.9 Å². The number of aromatic nitrogens is 2. The molecule has 0 saturated heterocycles. The first-order chi connectivity index (χ1) is 9.65. The van der Waals surface area contributed by atoms with Gasteiger partial charge in [0.1, 0.15) is 5.82 Å². The minimum absolute atomic E-state index is 0.00736. The second kappa shape index (κ2) is 6.52. The lowest BCUT2D eigenvalue weighted by molar-refractivity contribution is 0.267. The Labute approximate surface area is 119 Å². The fourth-order valence-electron chi connectivity index (χ4n) is 2.33. The molecule has 0 bridgehead atoms. The van der Waals surface area contributed by atoms with Crippen LogP contribution in [0, 0.1) is 6.92 Å². The highest BCUT2D eigenvalue weighted by atomic mass is 16.3. The standard InChI is InChI=1S/C15H22N4O/c1-3-4-7-11(9-20)17-14-13-10(2)6-5-8-12(13)18-15(16)19-14/h5-6,8,11,20H,3-4,7,9H2,1-2H3,(H3,16,17,18,19)/t11-/m0/s1. The van der Waals surface area contributed by atoms with E-state index < -0.39 is 0 Å². The Morgan fingerprint density at radius 1 is 1.35 bits per heavy atom. The van der Waals surface area contributed by atoms with Gasteiger partial charge in [-0.2, -0.15) is 4.98 Å². The molecule has 1 aromatic carbocycles. The van der Waals surface area contributed by atoms with E-state index in [9.17, 15) is 5.11 Å². The van der Waals surface area contributed by atoms with E-state index >= 15 is 0 Å². The van der Waals surface area contributed by atoms with E-state index in [4.69, 9.17) is 5.73 Å². The quantitative estimate of drug-likeness (QED) is 0.753. The fraction of sp³-hybridized carbons (Fsp3) is 0.467. The van der Waals surface area contributed by atoms with Gasteiger partial charge in [-0.15, -0.1) is 0 Å². The molecule has 0 unspecified atom stereocenters. The molecular formula is C15H22N4O. The van der Waals surface area contributed by atoms with Crippen LogP contribution in [0.1, 0.15) is 31.7 Å². The molecule has 0 aliphatic carbocycles. The van der Waals surface area contributed by atoms with Gasteiger partial charge in [-0.1, -0.05) is 31.9 Å². The van der Waals surface area contributed by atoms with Crippen LogP contribution < -0.4 is 11.1 Å². The average molecular weight is 274 g/mol. The molecular weight excluding hydrogens is 252 g/mol. The van der Waals surface area contributed by atoms with E-state index in [0.29, 0.717) is 5.82 Å². The second-order valence-corrected chi connectivity index (χ2v) is 5.07. The lowest BCUT2D eigenvalue weighted by Gasteiger charge is -2.18. The van der Waals surface area contributed by atoms with Gasteiger partial charge < -0.3 is 16.2 Å². The summed E-state index contributed by atoms with van der Waals surface area (Å²) in [4.78, 5) is 8.56. The Balaban J connectivity index is 2.37. The van der Waals surface area contributed by atoms with Crippen LogP contribution in [0.2, 0.25) is 0 Å². The van der Waals surface area contributed by atoms with Crippen LogP contribution in [-0.4, -0.2) is 27.7 Å². The summed E-state index contributed by atoms with van der Waals surface area (Å²) in [5.41, 5.74) is 7.69. The number of anilines is 2. The lowest BCUT2D eigenvalue weighted by atomic mass is 10.1. The minimum Gasteiger partial charge on any atom is -0.394 e. The minimum atomic E-state index is -0.00736. The Bertz CT molecular complexity index is 585. The molecule has 1 heterocycles. The number of nitrogen functional groups attached to an aromatic ring is 1. The number of rotatable bonds is 6. The number of fused-ring (bicyclic) bond motifs is 1. The Morgan fingerprint density at radius 2 is 2.15 bits per heavy atom. The molecule has 0 aliphatic rings. The number of hydrogen-bond donors (Lipinski definition) is 3. The van der Waals surface area contributed by atoms with Crippen molar-refractivity contribution in [3.8, 4) is 0 Å². The van der Waals surface area contributed by atoms with Crippen LogP contribution in [0.3, 0.4) is 0 Å².